The van der Waals surface area contributed by atoms with Crippen molar-refractivity contribution in [3.05, 3.63) is 71.7 Å². The van der Waals surface area contributed by atoms with Crippen molar-refractivity contribution >= 4 is 5.97 Å². The third-order valence-electron chi connectivity index (χ3n) is 5.04. The zero-order valence-corrected chi connectivity index (χ0v) is 17.7. The Kier molecular flexibility index (Phi) is 6.17. The summed E-state index contributed by atoms with van der Waals surface area (Å²) in [6, 6.07) is 3.64. The first kappa shape index (κ1) is 24.1. The molecule has 0 saturated carbocycles. The van der Waals surface area contributed by atoms with E-state index in [9.17, 15) is 31.1 Å². The smallest absolute Gasteiger partial charge is 0.465 e. The zero-order chi connectivity index (χ0) is 25.4. The molecule has 2 heterocycles. The van der Waals surface area contributed by atoms with Gasteiger partial charge in [-0.2, -0.15) is 18.3 Å². The molecule has 0 aliphatic heterocycles. The molecule has 7 nitrogen and oxygen atoms in total. The lowest BCUT2D eigenvalue weighted by atomic mass is 9.93. The minimum Gasteiger partial charge on any atom is -0.465 e. The van der Waals surface area contributed by atoms with Gasteiger partial charge in [-0.25, -0.2) is 9.48 Å². The molecule has 13 heteroatoms. The lowest BCUT2D eigenvalue weighted by Gasteiger charge is -2.14. The van der Waals surface area contributed by atoms with E-state index in [1.54, 1.807) is 24.3 Å². The molecular weight excluding hydrogens is 484 g/mol. The number of esters is 1. The predicted octanol–water partition coefficient (Wildman–Crippen LogP) is 5.83. The molecule has 1 atom stereocenters. The summed E-state index contributed by atoms with van der Waals surface area (Å²) in [4.78, 5) is 12.5. The maximum Gasteiger partial charge on any atom is 0.573 e. The average molecular weight is 499 g/mol. The van der Waals surface area contributed by atoms with Crippen molar-refractivity contribution in [1.29, 1.82) is 0 Å². The summed E-state index contributed by atoms with van der Waals surface area (Å²) in [6.45, 7) is 0. The van der Waals surface area contributed by atoms with Crippen molar-refractivity contribution < 1.29 is 45.1 Å². The maximum atomic E-state index is 14.2. The van der Waals surface area contributed by atoms with Crippen LogP contribution in [0.5, 0.6) is 5.75 Å². The largest absolute Gasteiger partial charge is 0.573 e. The number of allylic oxidation sites excluding steroid dienone is 4. The summed E-state index contributed by atoms with van der Waals surface area (Å²) in [7, 11) is 1.07. The molecule has 0 radical (unpaired) electrons. The van der Waals surface area contributed by atoms with Gasteiger partial charge in [0, 0.05) is 5.92 Å². The van der Waals surface area contributed by atoms with Crippen molar-refractivity contribution in [3.63, 3.8) is 0 Å². The van der Waals surface area contributed by atoms with Crippen molar-refractivity contribution in [2.45, 2.75) is 24.9 Å². The highest BCUT2D eigenvalue weighted by atomic mass is 19.4. The van der Waals surface area contributed by atoms with Crippen LogP contribution < -0.4 is 4.74 Å². The Bertz CT molecular complexity index is 1290. The average Bonchev–Trinajstić information content (AvgIpc) is 3.43. The van der Waals surface area contributed by atoms with Gasteiger partial charge in [-0.15, -0.1) is 13.2 Å². The van der Waals surface area contributed by atoms with E-state index in [0.29, 0.717) is 11.1 Å². The second kappa shape index (κ2) is 8.96. The van der Waals surface area contributed by atoms with E-state index in [2.05, 4.69) is 15.0 Å². The monoisotopic (exact) mass is 499 g/mol. The van der Waals surface area contributed by atoms with Gasteiger partial charge < -0.3 is 14.0 Å². The number of aromatic nitrogens is 3. The first-order valence-corrected chi connectivity index (χ1v) is 9.92. The number of halogens is 6. The standard InChI is InChI=1S/C22H15F6N3O4/c1-33-20(32)16-17(12-5-3-2-4-6-12)30-35-18(16)15-11-29-31(19(15)21(23,24)25)13-7-9-14(10-8-13)34-22(26,27)28/h2-5,7-12H,6H2,1H3. The lowest BCUT2D eigenvalue weighted by molar-refractivity contribution is -0.274. The Hall–Kier alpha value is -4.03. The zero-order valence-electron chi connectivity index (χ0n) is 17.7. The molecular formula is C22H15F6N3O4. The Morgan fingerprint density at radius 1 is 1.11 bits per heavy atom. The first-order chi connectivity index (χ1) is 16.5. The van der Waals surface area contributed by atoms with Gasteiger partial charge in [-0.3, -0.25) is 0 Å². The topological polar surface area (TPSA) is 79.4 Å². The van der Waals surface area contributed by atoms with Gasteiger partial charge in [-0.05, 0) is 30.7 Å². The quantitative estimate of drug-likeness (QED) is 0.325. The minimum atomic E-state index is -5.00. The maximum absolute atomic E-state index is 14.2. The Labute approximate surface area is 193 Å². The molecule has 0 N–H and O–H groups in total. The Morgan fingerprint density at radius 3 is 2.40 bits per heavy atom. The summed E-state index contributed by atoms with van der Waals surface area (Å²) in [5.41, 5.74) is -2.31. The number of benzene rings is 1. The molecule has 1 aromatic carbocycles. The number of rotatable bonds is 5. The van der Waals surface area contributed by atoms with Gasteiger partial charge in [0.25, 0.3) is 0 Å². The van der Waals surface area contributed by atoms with Crippen LogP contribution >= 0.6 is 0 Å². The fourth-order valence-electron chi connectivity index (χ4n) is 3.59. The van der Waals surface area contributed by atoms with Crippen molar-refractivity contribution in [2.24, 2.45) is 0 Å². The SMILES string of the molecule is COC(=O)c1c(C2C=CC=CC2)noc1-c1cnn(-c2ccc(OC(F)(F)F)cc2)c1C(F)(F)F. The number of hydrogen-bond acceptors (Lipinski definition) is 6. The van der Waals surface area contributed by atoms with E-state index in [-0.39, 0.29) is 16.9 Å². The van der Waals surface area contributed by atoms with Crippen molar-refractivity contribution in [1.82, 2.24) is 14.9 Å². The molecule has 1 aliphatic rings. The fraction of sp³-hybridized carbons (Fsp3) is 0.227. The second-order valence-corrected chi connectivity index (χ2v) is 7.28. The second-order valence-electron chi connectivity index (χ2n) is 7.28. The van der Waals surface area contributed by atoms with Gasteiger partial charge in [0.2, 0.25) is 0 Å². The number of hydrogen-bond donors (Lipinski definition) is 0. The Balaban J connectivity index is 1.83. The minimum absolute atomic E-state index is 0.0991. The molecule has 0 fully saturated rings. The highest BCUT2D eigenvalue weighted by Crippen LogP contribution is 2.42. The lowest BCUT2D eigenvalue weighted by Crippen LogP contribution is -2.17. The number of alkyl halides is 6. The molecule has 184 valence electrons. The predicted molar refractivity (Wildman–Crippen MR) is 108 cm³/mol. The van der Waals surface area contributed by atoms with Crippen LogP contribution in [0.4, 0.5) is 26.3 Å². The molecule has 3 aromatic rings. The van der Waals surface area contributed by atoms with Gasteiger partial charge in [0.15, 0.2) is 11.5 Å². The van der Waals surface area contributed by atoms with Gasteiger partial charge in [-0.1, -0.05) is 29.5 Å². The van der Waals surface area contributed by atoms with E-state index in [4.69, 9.17) is 9.26 Å². The van der Waals surface area contributed by atoms with Crippen LogP contribution in [0.2, 0.25) is 0 Å². The van der Waals surface area contributed by atoms with Crippen LogP contribution in [0.3, 0.4) is 0 Å². The van der Waals surface area contributed by atoms with Gasteiger partial charge in [0.05, 0.1) is 24.6 Å². The number of methoxy groups -OCH3 is 1. The van der Waals surface area contributed by atoms with Crippen molar-refractivity contribution in [2.75, 3.05) is 7.11 Å². The number of carbonyl (C=O) groups excluding carboxylic acids is 1. The number of ether oxygens (including phenoxy) is 2. The van der Waals surface area contributed by atoms with Crippen LogP contribution in [0.25, 0.3) is 17.0 Å². The highest BCUT2D eigenvalue weighted by molar-refractivity contribution is 5.97. The molecule has 0 saturated heterocycles. The molecule has 1 aliphatic carbocycles. The normalized spacial score (nSPS) is 15.9. The summed E-state index contributed by atoms with van der Waals surface area (Å²) in [5.74, 6) is -2.50. The van der Waals surface area contributed by atoms with E-state index in [1.807, 2.05) is 0 Å². The molecule has 2 aromatic heterocycles. The van der Waals surface area contributed by atoms with Gasteiger partial charge in [0.1, 0.15) is 17.0 Å². The molecule has 0 amide bonds. The third-order valence-corrected chi connectivity index (χ3v) is 5.04. The van der Waals surface area contributed by atoms with Gasteiger partial charge >= 0.3 is 18.5 Å². The number of carbonyl (C=O) groups is 1. The first-order valence-electron chi connectivity index (χ1n) is 9.92. The summed E-state index contributed by atoms with van der Waals surface area (Å²) in [5, 5.41) is 7.60. The van der Waals surface area contributed by atoms with E-state index >= 15 is 0 Å². The summed E-state index contributed by atoms with van der Waals surface area (Å²) >= 11 is 0. The molecule has 0 spiro atoms. The molecule has 1 unspecified atom stereocenters. The Morgan fingerprint density at radius 2 is 1.83 bits per heavy atom. The van der Waals surface area contributed by atoms with Crippen LogP contribution in [0.1, 0.15) is 34.1 Å². The van der Waals surface area contributed by atoms with Crippen LogP contribution in [-0.4, -0.2) is 34.4 Å². The molecule has 35 heavy (non-hydrogen) atoms. The number of nitrogens with zero attached hydrogens (tertiary/aromatic N) is 3. The summed E-state index contributed by atoms with van der Waals surface area (Å²) in [6.07, 6.45) is -1.71. The summed E-state index contributed by atoms with van der Waals surface area (Å²) < 4.78 is 93.8. The molecule has 0 bridgehead atoms. The molecule has 4 rings (SSSR count). The highest BCUT2D eigenvalue weighted by Gasteiger charge is 2.42. The van der Waals surface area contributed by atoms with Crippen LogP contribution in [-0.2, 0) is 10.9 Å². The van der Waals surface area contributed by atoms with Crippen LogP contribution in [0.15, 0.2) is 59.3 Å². The van der Waals surface area contributed by atoms with Crippen LogP contribution in [0, 0.1) is 0 Å². The van der Waals surface area contributed by atoms with E-state index in [0.717, 1.165) is 37.6 Å². The van der Waals surface area contributed by atoms with Crippen molar-refractivity contribution in [3.8, 4) is 22.8 Å². The third kappa shape index (κ3) is 4.93. The van der Waals surface area contributed by atoms with E-state index < -0.39 is 47.2 Å². The fourth-order valence-corrected chi connectivity index (χ4v) is 3.59. The van der Waals surface area contributed by atoms with E-state index in [1.165, 1.54) is 0 Å².